The van der Waals surface area contributed by atoms with Crippen LogP contribution in [-0.4, -0.2) is 50.9 Å². The van der Waals surface area contributed by atoms with Crippen LogP contribution in [0.1, 0.15) is 46.5 Å². The van der Waals surface area contributed by atoms with Crippen LogP contribution in [0, 0.1) is 28.6 Å². The van der Waals surface area contributed by atoms with Crippen molar-refractivity contribution in [2.24, 2.45) is 28.6 Å². The monoisotopic (exact) mass is 556 g/mol. The van der Waals surface area contributed by atoms with Gasteiger partial charge in [0.05, 0.1) is 6.10 Å². The van der Waals surface area contributed by atoms with Crippen LogP contribution in [0.2, 0.25) is 0 Å². The number of aliphatic hydroxyl groups is 3. The van der Waals surface area contributed by atoms with E-state index in [1.165, 1.54) is 12.2 Å². The van der Waals surface area contributed by atoms with Gasteiger partial charge in [-0.1, -0.05) is 25.5 Å². The first-order valence-electron chi connectivity index (χ1n) is 10.9. The van der Waals surface area contributed by atoms with Crippen molar-refractivity contribution in [3.05, 3.63) is 23.8 Å². The number of aliphatic hydroxyl groups excluding tert-OH is 2. The molecule has 0 saturated heterocycles. The van der Waals surface area contributed by atoms with E-state index in [-0.39, 0.29) is 107 Å². The number of fused-ring (bicyclic) bond motifs is 5. The Morgan fingerprint density at radius 1 is 1.19 bits per heavy atom. The number of carbonyl (C=O) groups excluding carboxylic acids is 2. The Hall–Kier alpha value is 1.74. The molecule has 0 aromatic heterocycles. The summed E-state index contributed by atoms with van der Waals surface area (Å²) in [5, 5.41) is 32.0. The van der Waals surface area contributed by atoms with Crippen molar-refractivity contribution in [3.8, 4) is 0 Å². The standard InChI is InChI=1S/C22H29FO5.3Na.H3O4P/c1-12-8-16-15-5-4-13-9-14(25)6-7-19(13,2)21(15,23)17(26)10-20(16,3)22(12,28)18(27)11-24;;;;1-5(2,3)4/h6-7,9,12,15-17,24,26,28H,4-5,8,10-11H2,1-3H3;;;;(H3,1,2,3,4)/q;3*+1;/p-3/t12-,15?,16?,17+,19+,20+,21+,22+;;;;/m1..../s1. The van der Waals surface area contributed by atoms with Crippen LogP contribution >= 0.6 is 7.82 Å². The number of alkyl halides is 1. The maximum atomic E-state index is 16.9. The SMILES string of the molecule is C[C@@H]1CC2C3CCC4=CC(=O)C=C[C@]4(C)[C@@]3(F)[C@@H](O)C[C@]2(C)[C@@]1(O)C(=O)CO.O=P([O-])([O-])[O-].[Na+].[Na+].[Na+]. The Bertz CT molecular complexity index is 966. The fourth-order valence-corrected chi connectivity index (χ4v) is 7.26. The minimum absolute atomic E-state index is 0. The van der Waals surface area contributed by atoms with Crippen LogP contribution in [0.5, 0.6) is 0 Å². The van der Waals surface area contributed by atoms with Crippen molar-refractivity contribution >= 4 is 19.4 Å². The van der Waals surface area contributed by atoms with Crippen molar-refractivity contribution in [2.45, 2.75) is 63.8 Å². The van der Waals surface area contributed by atoms with Crippen LogP contribution in [0.4, 0.5) is 4.39 Å². The smallest absolute Gasteiger partial charge is 0.822 e. The van der Waals surface area contributed by atoms with E-state index >= 15 is 4.39 Å². The maximum absolute atomic E-state index is 16.9. The van der Waals surface area contributed by atoms with Gasteiger partial charge in [0, 0.05) is 16.7 Å². The molecule has 0 aliphatic heterocycles. The molecule has 0 aromatic carbocycles. The molecule has 4 aliphatic carbocycles. The number of hydrogen-bond donors (Lipinski definition) is 3. The van der Waals surface area contributed by atoms with Gasteiger partial charge in [-0.05, 0) is 56.6 Å². The molecule has 0 amide bonds. The summed E-state index contributed by atoms with van der Waals surface area (Å²) in [6.45, 7) is 4.48. The van der Waals surface area contributed by atoms with E-state index in [1.54, 1.807) is 26.8 Å². The molecule has 186 valence electrons. The number of phosphoric acid groups is 1. The van der Waals surface area contributed by atoms with Crippen molar-refractivity contribution in [1.29, 1.82) is 0 Å². The molecule has 3 saturated carbocycles. The van der Waals surface area contributed by atoms with Gasteiger partial charge in [-0.15, -0.1) is 0 Å². The zero-order valence-corrected chi connectivity index (χ0v) is 28.6. The summed E-state index contributed by atoms with van der Waals surface area (Å²) < 4.78 is 25.4. The minimum Gasteiger partial charge on any atom is -0.822 e. The van der Waals surface area contributed by atoms with Crippen molar-refractivity contribution in [2.75, 3.05) is 6.61 Å². The number of rotatable bonds is 2. The van der Waals surface area contributed by atoms with Gasteiger partial charge in [-0.3, -0.25) is 9.59 Å². The summed E-state index contributed by atoms with van der Waals surface area (Å²) in [5.41, 5.74) is -5.17. The summed E-state index contributed by atoms with van der Waals surface area (Å²) in [6, 6.07) is 0. The first-order chi connectivity index (χ1) is 15.0. The third kappa shape index (κ3) is 5.87. The Labute approximate surface area is 276 Å². The Morgan fingerprint density at radius 3 is 2.22 bits per heavy atom. The van der Waals surface area contributed by atoms with E-state index in [4.69, 9.17) is 19.2 Å². The molecule has 4 rings (SSSR count). The maximum Gasteiger partial charge on any atom is 1.00 e. The van der Waals surface area contributed by atoms with Gasteiger partial charge in [0.15, 0.2) is 17.2 Å². The zero-order chi connectivity index (χ0) is 25.2. The van der Waals surface area contributed by atoms with Gasteiger partial charge >= 0.3 is 88.7 Å². The summed E-state index contributed by atoms with van der Waals surface area (Å²) in [6.07, 6.45) is 4.44. The normalized spacial score (nSPS) is 42.5. The number of ketones is 2. The summed E-state index contributed by atoms with van der Waals surface area (Å²) in [5.74, 6) is -2.12. The van der Waals surface area contributed by atoms with Gasteiger partial charge in [-0.2, -0.15) is 7.82 Å². The first kappa shape index (κ1) is 37.7. The molecular formula is C22H29FNa3O9P. The molecule has 3 N–H and O–H groups in total. The number of hydrogen-bond acceptors (Lipinski definition) is 9. The summed E-state index contributed by atoms with van der Waals surface area (Å²) >= 11 is 0. The second kappa shape index (κ2) is 12.7. The quantitative estimate of drug-likeness (QED) is 0.220. The van der Waals surface area contributed by atoms with E-state index in [0.29, 0.717) is 24.8 Å². The molecule has 4 aliphatic rings. The molecule has 9 nitrogen and oxygen atoms in total. The van der Waals surface area contributed by atoms with E-state index in [1.807, 2.05) is 0 Å². The zero-order valence-electron chi connectivity index (χ0n) is 21.7. The molecule has 3 fully saturated rings. The van der Waals surface area contributed by atoms with Gasteiger partial charge in [0.1, 0.15) is 12.2 Å². The van der Waals surface area contributed by atoms with Gasteiger partial charge < -0.3 is 34.6 Å². The number of allylic oxidation sites excluding steroid dienone is 4. The molecule has 0 radical (unpaired) electrons. The Kier molecular flexibility index (Phi) is 13.3. The topological polar surface area (TPSA) is 181 Å². The van der Waals surface area contributed by atoms with Crippen LogP contribution in [0.15, 0.2) is 23.8 Å². The molecule has 36 heavy (non-hydrogen) atoms. The van der Waals surface area contributed by atoms with Crippen LogP contribution in [0.25, 0.3) is 0 Å². The third-order valence-electron chi connectivity index (χ3n) is 8.79. The second-order valence-electron chi connectivity index (χ2n) is 10.2. The van der Waals surface area contributed by atoms with E-state index in [9.17, 15) is 24.9 Å². The van der Waals surface area contributed by atoms with Gasteiger partial charge in [0.25, 0.3) is 0 Å². The average Bonchev–Trinajstić information content (AvgIpc) is 2.89. The Morgan fingerprint density at radius 2 is 1.72 bits per heavy atom. The molecule has 0 spiro atoms. The molecule has 0 heterocycles. The van der Waals surface area contributed by atoms with Crippen LogP contribution in [0.3, 0.4) is 0 Å². The van der Waals surface area contributed by atoms with Crippen molar-refractivity contribution < 1.29 is 137 Å². The number of carbonyl (C=O) groups is 2. The van der Waals surface area contributed by atoms with E-state index in [2.05, 4.69) is 0 Å². The van der Waals surface area contributed by atoms with Crippen LogP contribution < -0.4 is 103 Å². The predicted molar refractivity (Wildman–Crippen MR) is 108 cm³/mol. The molecule has 0 bridgehead atoms. The number of Topliss-reactive ketones (excluding diaryl/α,β-unsaturated/α-hetero) is 1. The largest absolute Gasteiger partial charge is 1.00 e. The summed E-state index contributed by atoms with van der Waals surface area (Å²) in [7, 11) is -5.39. The van der Waals surface area contributed by atoms with Gasteiger partial charge in [0.2, 0.25) is 0 Å². The Balaban J connectivity index is 0.00000140. The molecular weight excluding hydrogens is 527 g/mol. The molecule has 2 unspecified atom stereocenters. The average molecular weight is 556 g/mol. The van der Waals surface area contributed by atoms with E-state index < -0.39 is 60.3 Å². The number of halogens is 1. The molecule has 0 aromatic rings. The first-order valence-corrected chi connectivity index (χ1v) is 12.3. The fraction of sp³-hybridized carbons (Fsp3) is 0.727. The minimum atomic E-state index is -5.39. The predicted octanol–water partition coefficient (Wildman–Crippen LogP) is -9.92. The molecule has 14 heteroatoms. The summed E-state index contributed by atoms with van der Waals surface area (Å²) in [4.78, 5) is 50.0. The van der Waals surface area contributed by atoms with Gasteiger partial charge in [-0.25, -0.2) is 4.39 Å². The van der Waals surface area contributed by atoms with Crippen molar-refractivity contribution in [1.82, 2.24) is 0 Å². The third-order valence-corrected chi connectivity index (χ3v) is 8.79. The fourth-order valence-electron chi connectivity index (χ4n) is 7.26. The van der Waals surface area contributed by atoms with E-state index in [0.717, 1.165) is 0 Å². The molecule has 8 atom stereocenters. The van der Waals surface area contributed by atoms with Crippen molar-refractivity contribution in [3.63, 3.8) is 0 Å². The second-order valence-corrected chi connectivity index (χ2v) is 11.1. The van der Waals surface area contributed by atoms with Crippen LogP contribution in [-0.2, 0) is 14.2 Å².